The topological polar surface area (TPSA) is 45.8 Å². The first kappa shape index (κ1) is 18.2. The molecule has 0 saturated heterocycles. The van der Waals surface area contributed by atoms with Gasteiger partial charge in [-0.3, -0.25) is 4.79 Å². The Bertz CT molecular complexity index is 1210. The number of benzene rings is 2. The zero-order chi connectivity index (χ0) is 19.1. The molecule has 0 radical (unpaired) electrons. The molecule has 6 heteroatoms. The zero-order valence-corrected chi connectivity index (χ0v) is 17.1. The Labute approximate surface area is 170 Å². The van der Waals surface area contributed by atoms with E-state index in [4.69, 9.17) is 28.2 Å². The lowest BCUT2D eigenvalue weighted by molar-refractivity contribution is 1.18. The average Bonchev–Trinajstić information content (AvgIpc) is 3.04. The molecule has 0 saturated carbocycles. The maximum absolute atomic E-state index is 13.0. The van der Waals surface area contributed by atoms with Crippen LogP contribution in [-0.2, 0) is 6.42 Å². The van der Waals surface area contributed by atoms with Crippen LogP contribution in [0, 0.1) is 6.92 Å². The third kappa shape index (κ3) is 3.29. The SMILES string of the molecule is CCc1sc2nc(-c3ccc(C)cc3)[nH]c(=O)c2c1-c1ccc(Cl)c(Cl)c1. The number of H-pyrrole nitrogens is 1. The van der Waals surface area contributed by atoms with Gasteiger partial charge in [-0.05, 0) is 31.0 Å². The number of hydrogen-bond donors (Lipinski definition) is 1. The first-order chi connectivity index (χ1) is 13.0. The fraction of sp³-hybridized carbons (Fsp3) is 0.143. The Hall–Kier alpha value is -2.14. The highest BCUT2D eigenvalue weighted by molar-refractivity contribution is 7.19. The van der Waals surface area contributed by atoms with Crippen molar-refractivity contribution < 1.29 is 0 Å². The predicted molar refractivity (Wildman–Crippen MR) is 115 cm³/mol. The van der Waals surface area contributed by atoms with Crippen LogP contribution in [0.15, 0.2) is 47.3 Å². The molecule has 2 heterocycles. The number of rotatable bonds is 3. The molecule has 0 aliphatic carbocycles. The van der Waals surface area contributed by atoms with Gasteiger partial charge >= 0.3 is 0 Å². The van der Waals surface area contributed by atoms with Gasteiger partial charge in [0.15, 0.2) is 0 Å². The van der Waals surface area contributed by atoms with E-state index in [0.29, 0.717) is 21.3 Å². The third-order valence-electron chi connectivity index (χ3n) is 4.49. The van der Waals surface area contributed by atoms with Gasteiger partial charge in [0.1, 0.15) is 10.7 Å². The van der Waals surface area contributed by atoms with Gasteiger partial charge in [-0.15, -0.1) is 11.3 Å². The second-order valence-electron chi connectivity index (χ2n) is 6.34. The van der Waals surface area contributed by atoms with Crippen LogP contribution in [0.25, 0.3) is 32.7 Å². The summed E-state index contributed by atoms with van der Waals surface area (Å²) < 4.78 is 0. The standard InChI is InChI=1S/C21H16Cl2N2OS/c1-3-16-17(13-8-9-14(22)15(23)10-13)18-20(26)24-19(25-21(18)27-16)12-6-4-11(2)5-7-12/h4-10H,3H2,1-2H3,(H,24,25,26). The van der Waals surface area contributed by atoms with Crippen LogP contribution in [0.3, 0.4) is 0 Å². The number of nitrogens with one attached hydrogen (secondary N) is 1. The van der Waals surface area contributed by atoms with Gasteiger partial charge < -0.3 is 4.98 Å². The summed E-state index contributed by atoms with van der Waals surface area (Å²) in [7, 11) is 0. The largest absolute Gasteiger partial charge is 0.306 e. The Morgan fingerprint density at radius 3 is 2.41 bits per heavy atom. The van der Waals surface area contributed by atoms with E-state index in [-0.39, 0.29) is 5.56 Å². The third-order valence-corrected chi connectivity index (χ3v) is 6.46. The maximum Gasteiger partial charge on any atom is 0.260 e. The van der Waals surface area contributed by atoms with Crippen molar-refractivity contribution in [3.05, 3.63) is 73.3 Å². The lowest BCUT2D eigenvalue weighted by atomic mass is 10.0. The number of halogens is 2. The van der Waals surface area contributed by atoms with Crippen LogP contribution in [0.4, 0.5) is 0 Å². The van der Waals surface area contributed by atoms with Crippen LogP contribution in [0.1, 0.15) is 17.4 Å². The Balaban J connectivity index is 1.96. The molecule has 0 bridgehead atoms. The predicted octanol–water partition coefficient (Wildman–Crippen LogP) is 6.50. The van der Waals surface area contributed by atoms with Crippen molar-refractivity contribution in [2.24, 2.45) is 0 Å². The smallest absolute Gasteiger partial charge is 0.260 e. The normalized spacial score (nSPS) is 11.3. The van der Waals surface area contributed by atoms with Crippen molar-refractivity contribution in [3.63, 3.8) is 0 Å². The highest BCUT2D eigenvalue weighted by atomic mass is 35.5. The molecule has 0 amide bonds. The summed E-state index contributed by atoms with van der Waals surface area (Å²) in [5.74, 6) is 0.581. The van der Waals surface area contributed by atoms with E-state index < -0.39 is 0 Å². The Morgan fingerprint density at radius 2 is 1.74 bits per heavy atom. The number of hydrogen-bond acceptors (Lipinski definition) is 3. The van der Waals surface area contributed by atoms with Crippen molar-refractivity contribution in [1.82, 2.24) is 9.97 Å². The lowest BCUT2D eigenvalue weighted by Gasteiger charge is -2.06. The molecular weight excluding hydrogens is 399 g/mol. The van der Waals surface area contributed by atoms with Crippen molar-refractivity contribution in [3.8, 4) is 22.5 Å². The van der Waals surface area contributed by atoms with Crippen molar-refractivity contribution in [1.29, 1.82) is 0 Å². The summed E-state index contributed by atoms with van der Waals surface area (Å²) in [5, 5.41) is 1.56. The van der Waals surface area contributed by atoms with E-state index in [1.54, 1.807) is 23.5 Å². The Kier molecular flexibility index (Phi) is 4.81. The molecule has 0 spiro atoms. The maximum atomic E-state index is 13.0. The van der Waals surface area contributed by atoms with E-state index >= 15 is 0 Å². The highest BCUT2D eigenvalue weighted by Crippen LogP contribution is 2.39. The number of aromatic nitrogens is 2. The molecule has 0 fully saturated rings. The minimum Gasteiger partial charge on any atom is -0.306 e. The highest BCUT2D eigenvalue weighted by Gasteiger charge is 2.19. The summed E-state index contributed by atoms with van der Waals surface area (Å²) in [6, 6.07) is 13.4. The molecule has 0 aliphatic heterocycles. The molecule has 2 aromatic heterocycles. The van der Waals surface area contributed by atoms with Crippen LogP contribution in [0.5, 0.6) is 0 Å². The van der Waals surface area contributed by atoms with E-state index in [9.17, 15) is 4.79 Å². The summed E-state index contributed by atoms with van der Waals surface area (Å²) in [5.41, 5.74) is 3.67. The first-order valence-corrected chi connectivity index (χ1v) is 10.1. The van der Waals surface area contributed by atoms with Gasteiger partial charge in [0.05, 0.1) is 15.4 Å². The lowest BCUT2D eigenvalue weighted by Crippen LogP contribution is -2.09. The number of fused-ring (bicyclic) bond motifs is 1. The van der Waals surface area contributed by atoms with Crippen LogP contribution < -0.4 is 5.56 Å². The quantitative estimate of drug-likeness (QED) is 0.415. The van der Waals surface area contributed by atoms with Gasteiger partial charge in [0.2, 0.25) is 0 Å². The average molecular weight is 415 g/mol. The molecule has 1 N–H and O–H groups in total. The van der Waals surface area contributed by atoms with Gasteiger partial charge in [-0.2, -0.15) is 0 Å². The van der Waals surface area contributed by atoms with E-state index in [1.165, 1.54) is 0 Å². The fourth-order valence-electron chi connectivity index (χ4n) is 3.11. The van der Waals surface area contributed by atoms with E-state index in [0.717, 1.165) is 38.4 Å². The zero-order valence-electron chi connectivity index (χ0n) is 14.8. The van der Waals surface area contributed by atoms with Crippen LogP contribution >= 0.6 is 34.5 Å². The summed E-state index contributed by atoms with van der Waals surface area (Å²) >= 11 is 13.8. The number of thiophene rings is 1. The second kappa shape index (κ2) is 7.12. The van der Waals surface area contributed by atoms with Gasteiger partial charge in [-0.1, -0.05) is 66.0 Å². The van der Waals surface area contributed by atoms with Crippen LogP contribution in [0.2, 0.25) is 10.0 Å². The molecule has 4 rings (SSSR count). The molecular formula is C21H16Cl2N2OS. The van der Waals surface area contributed by atoms with Gasteiger partial charge in [0.25, 0.3) is 5.56 Å². The van der Waals surface area contributed by atoms with Crippen LogP contribution in [-0.4, -0.2) is 9.97 Å². The molecule has 2 aromatic carbocycles. The molecule has 27 heavy (non-hydrogen) atoms. The summed E-state index contributed by atoms with van der Waals surface area (Å²) in [6.45, 7) is 4.10. The van der Waals surface area contributed by atoms with Crippen molar-refractivity contribution >= 4 is 44.8 Å². The minimum absolute atomic E-state index is 0.146. The second-order valence-corrected chi connectivity index (χ2v) is 8.24. The number of nitrogens with zero attached hydrogens (tertiary/aromatic N) is 1. The van der Waals surface area contributed by atoms with Crippen molar-refractivity contribution in [2.75, 3.05) is 0 Å². The summed E-state index contributed by atoms with van der Waals surface area (Å²) in [4.78, 5) is 22.5. The molecule has 4 aromatic rings. The first-order valence-electron chi connectivity index (χ1n) is 8.56. The van der Waals surface area contributed by atoms with E-state index in [2.05, 4.69) is 11.9 Å². The van der Waals surface area contributed by atoms with Gasteiger partial charge in [0, 0.05) is 16.0 Å². The number of aromatic amines is 1. The minimum atomic E-state index is -0.146. The molecule has 0 unspecified atom stereocenters. The Morgan fingerprint density at radius 1 is 1.04 bits per heavy atom. The summed E-state index contributed by atoms with van der Waals surface area (Å²) in [6.07, 6.45) is 0.801. The van der Waals surface area contributed by atoms with Crippen molar-refractivity contribution in [2.45, 2.75) is 20.3 Å². The van der Waals surface area contributed by atoms with Gasteiger partial charge in [-0.25, -0.2) is 4.98 Å². The number of aryl methyl sites for hydroxylation is 2. The molecule has 0 aliphatic rings. The monoisotopic (exact) mass is 414 g/mol. The molecule has 3 nitrogen and oxygen atoms in total. The van der Waals surface area contributed by atoms with E-state index in [1.807, 2.05) is 37.3 Å². The molecule has 0 atom stereocenters. The fourth-order valence-corrected chi connectivity index (χ4v) is 4.54. The molecule has 136 valence electrons.